The fourth-order valence-electron chi connectivity index (χ4n) is 9.76. The van der Waals surface area contributed by atoms with Crippen molar-refractivity contribution in [1.29, 1.82) is 0 Å². The highest BCUT2D eigenvalue weighted by atomic mass is 16.6. The minimum Gasteiger partial charge on any atom is -0.461 e. The van der Waals surface area contributed by atoms with E-state index in [-0.39, 0.29) is 23.5 Å². The van der Waals surface area contributed by atoms with Crippen molar-refractivity contribution < 1.29 is 48.0 Å². The third kappa shape index (κ3) is 4.14. The zero-order chi connectivity index (χ0) is 33.3. The smallest absolute Gasteiger partial charge is 0.336 e. The highest BCUT2D eigenvalue weighted by molar-refractivity contribution is 5.89. The van der Waals surface area contributed by atoms with Gasteiger partial charge in [-0.3, -0.25) is 19.2 Å². The van der Waals surface area contributed by atoms with Gasteiger partial charge >= 0.3 is 23.9 Å². The Hall–Kier alpha value is -4.05. The Kier molecular flexibility index (Phi) is 7.76. The van der Waals surface area contributed by atoms with E-state index in [4.69, 9.17) is 18.9 Å². The summed E-state index contributed by atoms with van der Waals surface area (Å²) in [7, 11) is 0. The van der Waals surface area contributed by atoms with Crippen molar-refractivity contribution >= 4 is 35.7 Å². The van der Waals surface area contributed by atoms with Crippen LogP contribution in [0.4, 0.5) is 0 Å². The summed E-state index contributed by atoms with van der Waals surface area (Å²) in [6, 6.07) is 9.11. The molecule has 4 aliphatic rings. The van der Waals surface area contributed by atoms with E-state index in [1.54, 1.807) is 19.9 Å². The lowest BCUT2D eigenvalue weighted by atomic mass is 9.42. The molecule has 1 N–H and O–H groups in total. The number of ether oxygens (including phenoxy) is 4. The maximum Gasteiger partial charge on any atom is 0.336 e. The molecule has 0 radical (unpaired) electrons. The van der Waals surface area contributed by atoms with Gasteiger partial charge in [-0.05, 0) is 28.7 Å². The molecule has 4 aliphatic carbocycles. The average molecular weight is 621 g/mol. The van der Waals surface area contributed by atoms with Crippen LogP contribution in [0.1, 0.15) is 60.5 Å². The number of carbonyl (C=O) groups excluding carboxylic acids is 5. The quantitative estimate of drug-likeness (QED) is 0.280. The van der Waals surface area contributed by atoms with Crippen molar-refractivity contribution in [3.8, 4) is 0 Å². The van der Waals surface area contributed by atoms with Crippen LogP contribution in [0.3, 0.4) is 0 Å². The summed E-state index contributed by atoms with van der Waals surface area (Å²) in [4.78, 5) is 65.3. The molecule has 2 bridgehead atoms. The van der Waals surface area contributed by atoms with E-state index in [0.29, 0.717) is 0 Å². The van der Waals surface area contributed by atoms with Gasteiger partial charge in [-0.25, -0.2) is 4.79 Å². The Morgan fingerprint density at radius 1 is 0.933 bits per heavy atom. The van der Waals surface area contributed by atoms with E-state index in [1.807, 2.05) is 44.2 Å². The minimum atomic E-state index is -1.61. The van der Waals surface area contributed by atoms with E-state index in [9.17, 15) is 29.1 Å². The molecule has 3 saturated carbocycles. The first-order chi connectivity index (χ1) is 21.0. The van der Waals surface area contributed by atoms with Crippen molar-refractivity contribution in [2.24, 2.45) is 33.5 Å². The number of fused-ring (bicyclic) bond motifs is 1. The molecule has 5 rings (SSSR count). The summed E-state index contributed by atoms with van der Waals surface area (Å²) >= 11 is 0. The number of Topliss-reactive ketones (excluding diaryl/α,β-unsaturated/α-hetero) is 1. The lowest BCUT2D eigenvalue weighted by molar-refractivity contribution is -0.191. The SMILES string of the molecule is C=C1C(OC(=O)/C=C/c2ccccc2)=C[C@H](OC(C)=O)[C@@]2(C)[C@@H](O)[C@H](OC(C)=O)[C@]34[C@H](C)C(=O)C[C@@H]([C@@H](OC(C)=O)[C@]123)C4(C)C. The number of aliphatic hydroxyl groups excluding tert-OH is 1. The number of aliphatic hydroxyl groups is 1. The molecule has 240 valence electrons. The van der Waals surface area contributed by atoms with Crippen molar-refractivity contribution in [1.82, 2.24) is 0 Å². The van der Waals surface area contributed by atoms with Gasteiger partial charge in [-0.15, -0.1) is 0 Å². The second kappa shape index (κ2) is 10.8. The minimum absolute atomic E-state index is 0.0404. The standard InChI is InChI=1S/C35H40O10/c1-18-25(39)16-24-30(43-21(4)37)35-19(2)26(45-28(40)15-14-23-12-10-9-11-13-23)17-27(42-20(3)36)33(35,8)29(41)31(44-22(5)38)34(18,35)32(24,6)7/h9-15,17-18,24,27,29-31,41H,2,16H2,1,3-8H3/b15-14+/t18-,24+,27+,29+,30-,31+,33+,34+,35-/m1/s1. The van der Waals surface area contributed by atoms with Crippen LogP contribution in [-0.4, -0.2) is 59.2 Å². The first-order valence-electron chi connectivity index (χ1n) is 15.1. The van der Waals surface area contributed by atoms with Gasteiger partial charge in [-0.1, -0.05) is 64.6 Å². The van der Waals surface area contributed by atoms with Gasteiger partial charge < -0.3 is 24.1 Å². The largest absolute Gasteiger partial charge is 0.461 e. The van der Waals surface area contributed by atoms with Crippen LogP contribution in [0.2, 0.25) is 0 Å². The number of benzene rings is 1. The summed E-state index contributed by atoms with van der Waals surface area (Å²) in [5, 5.41) is 12.4. The van der Waals surface area contributed by atoms with E-state index >= 15 is 0 Å². The summed E-state index contributed by atoms with van der Waals surface area (Å²) in [5.74, 6) is -4.48. The number of hydrogen-bond acceptors (Lipinski definition) is 10. The fourth-order valence-corrected chi connectivity index (χ4v) is 9.76. The highest BCUT2D eigenvalue weighted by Crippen LogP contribution is 2.86. The first kappa shape index (κ1) is 32.3. The van der Waals surface area contributed by atoms with Crippen LogP contribution in [-0.2, 0) is 42.9 Å². The number of esters is 4. The van der Waals surface area contributed by atoms with Crippen LogP contribution in [0.5, 0.6) is 0 Å². The normalized spacial score (nSPS) is 37.7. The second-order valence-corrected chi connectivity index (χ2v) is 13.4. The van der Waals surface area contributed by atoms with Gasteiger partial charge in [0.05, 0.1) is 10.8 Å². The van der Waals surface area contributed by atoms with Gasteiger partial charge in [0.15, 0.2) is 0 Å². The second-order valence-electron chi connectivity index (χ2n) is 13.4. The maximum atomic E-state index is 13.9. The van der Waals surface area contributed by atoms with Crippen molar-refractivity contribution in [3.63, 3.8) is 0 Å². The molecule has 0 amide bonds. The molecule has 0 aromatic heterocycles. The first-order valence-corrected chi connectivity index (χ1v) is 15.1. The Morgan fingerprint density at radius 3 is 2.09 bits per heavy atom. The van der Waals surface area contributed by atoms with E-state index in [2.05, 4.69) is 6.58 Å². The van der Waals surface area contributed by atoms with Gasteiger partial charge in [-0.2, -0.15) is 0 Å². The molecule has 45 heavy (non-hydrogen) atoms. The Morgan fingerprint density at radius 2 is 1.51 bits per heavy atom. The molecule has 9 atom stereocenters. The third-order valence-electron chi connectivity index (χ3n) is 11.2. The van der Waals surface area contributed by atoms with Crippen LogP contribution >= 0.6 is 0 Å². The fraction of sp³-hybridized carbons (Fsp3) is 0.514. The van der Waals surface area contributed by atoms with Crippen molar-refractivity contribution in [2.75, 3.05) is 0 Å². The van der Waals surface area contributed by atoms with E-state index < -0.39 is 81.8 Å². The van der Waals surface area contributed by atoms with Crippen LogP contribution < -0.4 is 0 Å². The van der Waals surface area contributed by atoms with E-state index in [0.717, 1.165) is 5.56 Å². The lowest BCUT2D eigenvalue weighted by Crippen LogP contribution is -2.64. The zero-order valence-corrected chi connectivity index (χ0v) is 26.6. The van der Waals surface area contributed by atoms with Gasteiger partial charge in [0.2, 0.25) is 0 Å². The lowest BCUT2D eigenvalue weighted by Gasteiger charge is -2.60. The van der Waals surface area contributed by atoms with Crippen LogP contribution in [0.25, 0.3) is 6.08 Å². The number of hydrogen-bond donors (Lipinski definition) is 1. The van der Waals surface area contributed by atoms with Crippen LogP contribution in [0, 0.1) is 33.5 Å². The third-order valence-corrected chi connectivity index (χ3v) is 11.2. The van der Waals surface area contributed by atoms with E-state index in [1.165, 1.54) is 32.9 Å². The number of allylic oxidation sites excluding steroid dienone is 1. The predicted octanol–water partition coefficient (Wildman–Crippen LogP) is 4.11. The predicted molar refractivity (Wildman–Crippen MR) is 160 cm³/mol. The zero-order valence-electron chi connectivity index (χ0n) is 26.6. The summed E-state index contributed by atoms with van der Waals surface area (Å²) in [6.45, 7) is 15.3. The number of ketones is 1. The maximum absolute atomic E-state index is 13.9. The summed E-state index contributed by atoms with van der Waals surface area (Å²) in [6.07, 6.45) is -0.956. The molecular formula is C35H40O10. The summed E-state index contributed by atoms with van der Waals surface area (Å²) in [5.41, 5.74) is -4.63. The molecule has 0 unspecified atom stereocenters. The molecule has 1 aromatic rings. The molecule has 3 fully saturated rings. The summed E-state index contributed by atoms with van der Waals surface area (Å²) < 4.78 is 23.9. The Labute approximate surface area is 262 Å². The van der Waals surface area contributed by atoms with Gasteiger partial charge in [0, 0.05) is 50.5 Å². The van der Waals surface area contributed by atoms with Crippen LogP contribution in [0.15, 0.2) is 60.4 Å². The average Bonchev–Trinajstić information content (AvgIpc) is 3.19. The number of rotatable bonds is 6. The monoisotopic (exact) mass is 620 g/mol. The van der Waals surface area contributed by atoms with Gasteiger partial charge in [0.25, 0.3) is 0 Å². The topological polar surface area (TPSA) is 142 Å². The molecule has 10 heteroatoms. The molecule has 1 aromatic carbocycles. The highest BCUT2D eigenvalue weighted by Gasteiger charge is 2.93. The van der Waals surface area contributed by atoms with Crippen molar-refractivity contribution in [2.45, 2.75) is 79.3 Å². The molecule has 0 aliphatic heterocycles. The molecular weight excluding hydrogens is 580 g/mol. The molecule has 10 nitrogen and oxygen atoms in total. The Balaban J connectivity index is 1.80. The van der Waals surface area contributed by atoms with Crippen molar-refractivity contribution in [3.05, 3.63) is 66.0 Å². The molecule has 0 heterocycles. The number of carbonyl (C=O) groups is 5. The van der Waals surface area contributed by atoms with Gasteiger partial charge in [0.1, 0.15) is 36.0 Å². The Bertz CT molecular complexity index is 1540. The molecule has 2 spiro atoms. The molecule has 0 saturated heterocycles.